The molecular weight excluding hydrogens is 304 g/mol. The summed E-state index contributed by atoms with van der Waals surface area (Å²) < 4.78 is 22.8. The molecule has 0 atom stereocenters. The highest BCUT2D eigenvalue weighted by Gasteiger charge is 2.34. The van der Waals surface area contributed by atoms with Crippen LogP contribution < -0.4 is 0 Å². The topological polar surface area (TPSA) is 36.9 Å². The summed E-state index contributed by atoms with van der Waals surface area (Å²) in [5.74, 6) is -1.23. The molecule has 4 nitrogen and oxygen atoms in total. The Bertz CT molecular complexity index is 630. The molecule has 2 aliphatic heterocycles. The van der Waals surface area contributed by atoms with Crippen molar-refractivity contribution in [3.8, 4) is 11.1 Å². The Morgan fingerprint density at radius 3 is 1.12 bits per heavy atom. The van der Waals surface area contributed by atoms with Gasteiger partial charge in [-0.15, -0.1) is 0 Å². The van der Waals surface area contributed by atoms with E-state index in [2.05, 4.69) is 48.5 Å². The fourth-order valence-corrected chi connectivity index (χ4v) is 3.29. The van der Waals surface area contributed by atoms with Gasteiger partial charge in [-0.2, -0.15) is 0 Å². The third-order valence-corrected chi connectivity index (χ3v) is 4.83. The van der Waals surface area contributed by atoms with E-state index in [1.165, 1.54) is 0 Å². The van der Waals surface area contributed by atoms with Crippen LogP contribution in [0.3, 0.4) is 0 Å². The minimum Gasteiger partial charge on any atom is -0.344 e. The molecule has 2 saturated heterocycles. The van der Waals surface area contributed by atoms with E-state index in [0.717, 1.165) is 22.3 Å². The summed E-state index contributed by atoms with van der Waals surface area (Å²) in [4.78, 5) is 0. The Morgan fingerprint density at radius 2 is 0.833 bits per heavy atom. The van der Waals surface area contributed by atoms with Crippen LogP contribution in [0.1, 0.15) is 25.0 Å². The molecule has 24 heavy (non-hydrogen) atoms. The van der Waals surface area contributed by atoms with Gasteiger partial charge in [0.2, 0.25) is 0 Å². The lowest BCUT2D eigenvalue weighted by molar-refractivity contribution is -0.150. The number of ether oxygens (including phenoxy) is 4. The molecule has 0 aliphatic carbocycles. The van der Waals surface area contributed by atoms with Crippen LogP contribution in [0.15, 0.2) is 48.5 Å². The lowest BCUT2D eigenvalue weighted by atomic mass is 9.98. The predicted molar refractivity (Wildman–Crippen MR) is 90.4 cm³/mol. The molecule has 0 amide bonds. The van der Waals surface area contributed by atoms with Crippen molar-refractivity contribution in [3.63, 3.8) is 0 Å². The van der Waals surface area contributed by atoms with Crippen molar-refractivity contribution in [2.75, 3.05) is 26.4 Å². The minimum atomic E-state index is -0.617. The highest BCUT2D eigenvalue weighted by molar-refractivity contribution is 5.64. The van der Waals surface area contributed by atoms with Crippen LogP contribution in [0.4, 0.5) is 0 Å². The SMILES string of the molecule is CC1(c2ccc(-c3ccc(C4(C)OCCO4)cc3)cc2)OCCO1. The van der Waals surface area contributed by atoms with Crippen molar-refractivity contribution in [1.29, 1.82) is 0 Å². The second kappa shape index (κ2) is 5.97. The molecule has 2 aromatic carbocycles. The first kappa shape index (κ1) is 15.8. The highest BCUT2D eigenvalue weighted by Crippen LogP contribution is 2.34. The summed E-state index contributed by atoms with van der Waals surface area (Å²) in [6.07, 6.45) is 0. The van der Waals surface area contributed by atoms with Crippen molar-refractivity contribution >= 4 is 0 Å². The summed E-state index contributed by atoms with van der Waals surface area (Å²) in [7, 11) is 0. The van der Waals surface area contributed by atoms with Crippen LogP contribution >= 0.6 is 0 Å². The second-order valence-corrected chi connectivity index (χ2v) is 6.44. The van der Waals surface area contributed by atoms with Gasteiger partial charge in [0.05, 0.1) is 26.4 Å². The molecule has 0 N–H and O–H groups in total. The maximum atomic E-state index is 5.71. The standard InChI is InChI=1S/C20H22O4/c1-19(21-11-12-22-19)17-7-3-15(4-8-17)16-5-9-18(10-6-16)20(2)23-13-14-24-20/h3-10H,11-14H2,1-2H3. The van der Waals surface area contributed by atoms with E-state index >= 15 is 0 Å². The van der Waals surface area contributed by atoms with Gasteiger partial charge in [-0.1, -0.05) is 48.5 Å². The molecule has 4 heteroatoms. The maximum absolute atomic E-state index is 5.71. The van der Waals surface area contributed by atoms with E-state index in [1.54, 1.807) is 0 Å². The lowest BCUT2D eigenvalue weighted by Gasteiger charge is -2.23. The van der Waals surface area contributed by atoms with Crippen LogP contribution in [-0.4, -0.2) is 26.4 Å². The average Bonchev–Trinajstić information content (AvgIpc) is 3.26. The van der Waals surface area contributed by atoms with Gasteiger partial charge in [0.1, 0.15) is 0 Å². The molecule has 0 radical (unpaired) electrons. The molecule has 2 aromatic rings. The Labute approximate surface area is 142 Å². The van der Waals surface area contributed by atoms with Gasteiger partial charge >= 0.3 is 0 Å². The summed E-state index contributed by atoms with van der Waals surface area (Å²) in [6.45, 7) is 6.49. The predicted octanol–water partition coefficient (Wildman–Crippen LogP) is 3.79. The molecule has 2 heterocycles. The van der Waals surface area contributed by atoms with Gasteiger partial charge in [0.25, 0.3) is 0 Å². The van der Waals surface area contributed by atoms with Gasteiger partial charge in [-0.3, -0.25) is 0 Å². The first-order chi connectivity index (χ1) is 11.6. The van der Waals surface area contributed by atoms with Gasteiger partial charge in [0, 0.05) is 11.1 Å². The smallest absolute Gasteiger partial charge is 0.192 e. The Hall–Kier alpha value is -1.72. The van der Waals surface area contributed by atoms with E-state index in [4.69, 9.17) is 18.9 Å². The Kier molecular flexibility index (Phi) is 3.93. The van der Waals surface area contributed by atoms with Crippen LogP contribution in [0.2, 0.25) is 0 Å². The molecule has 0 spiro atoms. The van der Waals surface area contributed by atoms with Crippen molar-refractivity contribution in [3.05, 3.63) is 59.7 Å². The molecule has 4 rings (SSSR count). The number of hydrogen-bond acceptors (Lipinski definition) is 4. The monoisotopic (exact) mass is 326 g/mol. The molecular formula is C20H22O4. The summed E-state index contributed by atoms with van der Waals surface area (Å²) >= 11 is 0. The van der Waals surface area contributed by atoms with Crippen molar-refractivity contribution < 1.29 is 18.9 Å². The number of rotatable bonds is 3. The van der Waals surface area contributed by atoms with Crippen LogP contribution in [0.5, 0.6) is 0 Å². The number of hydrogen-bond donors (Lipinski definition) is 0. The molecule has 2 aliphatic rings. The Balaban J connectivity index is 1.55. The van der Waals surface area contributed by atoms with Gasteiger partial charge in [-0.25, -0.2) is 0 Å². The van der Waals surface area contributed by atoms with Crippen LogP contribution in [-0.2, 0) is 30.5 Å². The first-order valence-electron chi connectivity index (χ1n) is 8.36. The molecule has 2 fully saturated rings. The van der Waals surface area contributed by atoms with E-state index in [1.807, 2.05) is 13.8 Å². The van der Waals surface area contributed by atoms with Gasteiger partial charge in [-0.05, 0) is 25.0 Å². The highest BCUT2D eigenvalue weighted by atomic mass is 16.7. The molecule has 0 saturated carbocycles. The maximum Gasteiger partial charge on any atom is 0.192 e. The fourth-order valence-electron chi connectivity index (χ4n) is 3.29. The first-order valence-corrected chi connectivity index (χ1v) is 8.36. The normalized spacial score (nSPS) is 21.9. The zero-order valence-corrected chi connectivity index (χ0v) is 14.1. The zero-order valence-electron chi connectivity index (χ0n) is 14.1. The Morgan fingerprint density at radius 1 is 0.542 bits per heavy atom. The summed E-state index contributed by atoms with van der Waals surface area (Å²) in [5, 5.41) is 0. The zero-order chi connectivity index (χ0) is 16.6. The third-order valence-electron chi connectivity index (χ3n) is 4.83. The van der Waals surface area contributed by atoms with Crippen LogP contribution in [0, 0.1) is 0 Å². The molecule has 0 unspecified atom stereocenters. The number of benzene rings is 2. The molecule has 0 aromatic heterocycles. The quantitative estimate of drug-likeness (QED) is 0.860. The van der Waals surface area contributed by atoms with Gasteiger partial charge < -0.3 is 18.9 Å². The summed E-state index contributed by atoms with van der Waals surface area (Å²) in [5.41, 5.74) is 4.40. The van der Waals surface area contributed by atoms with Crippen molar-refractivity contribution in [2.45, 2.75) is 25.4 Å². The van der Waals surface area contributed by atoms with E-state index in [0.29, 0.717) is 26.4 Å². The second-order valence-electron chi connectivity index (χ2n) is 6.44. The largest absolute Gasteiger partial charge is 0.344 e. The summed E-state index contributed by atoms with van der Waals surface area (Å²) in [6, 6.07) is 16.7. The third kappa shape index (κ3) is 2.76. The minimum absolute atomic E-state index is 0.617. The van der Waals surface area contributed by atoms with E-state index in [-0.39, 0.29) is 0 Å². The fraction of sp³-hybridized carbons (Fsp3) is 0.400. The van der Waals surface area contributed by atoms with Crippen LogP contribution in [0.25, 0.3) is 11.1 Å². The van der Waals surface area contributed by atoms with Crippen molar-refractivity contribution in [1.82, 2.24) is 0 Å². The van der Waals surface area contributed by atoms with Crippen molar-refractivity contribution in [2.24, 2.45) is 0 Å². The average molecular weight is 326 g/mol. The molecule has 0 bridgehead atoms. The lowest BCUT2D eigenvalue weighted by Crippen LogP contribution is -2.22. The van der Waals surface area contributed by atoms with E-state index < -0.39 is 11.6 Å². The van der Waals surface area contributed by atoms with E-state index in [9.17, 15) is 0 Å². The molecule has 126 valence electrons. The van der Waals surface area contributed by atoms with Gasteiger partial charge in [0.15, 0.2) is 11.6 Å².